The molecule has 1 aliphatic heterocycles. The number of hydrogen-bond acceptors (Lipinski definition) is 3. The molecule has 0 aromatic heterocycles. The van der Waals surface area contributed by atoms with Crippen LogP contribution in [-0.2, 0) is 6.42 Å². The summed E-state index contributed by atoms with van der Waals surface area (Å²) in [6.45, 7) is 0.481. The minimum absolute atomic E-state index is 0.105. The van der Waals surface area contributed by atoms with Gasteiger partial charge >= 0.3 is 5.97 Å². The van der Waals surface area contributed by atoms with Crippen LogP contribution in [0.5, 0.6) is 5.75 Å². The van der Waals surface area contributed by atoms with E-state index < -0.39 is 5.97 Å². The summed E-state index contributed by atoms with van der Waals surface area (Å²) in [6.07, 6.45) is 0.672. The van der Waals surface area contributed by atoms with Gasteiger partial charge in [0.25, 0.3) is 5.91 Å². The highest BCUT2D eigenvalue weighted by molar-refractivity contribution is 6.35. The second-order valence-corrected chi connectivity index (χ2v) is 5.58. The molecule has 0 bridgehead atoms. The number of carbonyl (C=O) groups excluding carboxylic acids is 1. The lowest BCUT2D eigenvalue weighted by Gasteiger charge is -2.30. The fourth-order valence-electron chi connectivity index (χ4n) is 2.75. The number of nitrogens with zero attached hydrogens (tertiary/aromatic N) is 1. The van der Waals surface area contributed by atoms with Gasteiger partial charge in [0.1, 0.15) is 5.75 Å². The van der Waals surface area contributed by atoms with Gasteiger partial charge in [-0.2, -0.15) is 0 Å². The number of rotatable bonds is 3. The van der Waals surface area contributed by atoms with E-state index in [1.165, 1.54) is 19.2 Å². The highest BCUT2D eigenvalue weighted by Gasteiger charge is 2.29. The molecule has 118 valence electrons. The molecule has 5 nitrogen and oxygen atoms in total. The number of halogens is 1. The summed E-state index contributed by atoms with van der Waals surface area (Å²) in [6, 6.07) is 9.85. The number of anilines is 1. The summed E-state index contributed by atoms with van der Waals surface area (Å²) in [5, 5.41) is 9.49. The highest BCUT2D eigenvalue weighted by Crippen LogP contribution is 2.34. The van der Waals surface area contributed by atoms with Gasteiger partial charge < -0.3 is 14.7 Å². The molecule has 6 heteroatoms. The molecule has 1 aliphatic rings. The van der Waals surface area contributed by atoms with Gasteiger partial charge in [0.05, 0.1) is 28.9 Å². The van der Waals surface area contributed by atoms with Crippen LogP contribution in [0.15, 0.2) is 36.4 Å². The first-order valence-corrected chi connectivity index (χ1v) is 7.41. The number of fused-ring (bicyclic) bond motifs is 1. The van der Waals surface area contributed by atoms with Gasteiger partial charge in [0, 0.05) is 6.54 Å². The number of ether oxygens (including phenoxy) is 1. The molecule has 23 heavy (non-hydrogen) atoms. The lowest BCUT2D eigenvalue weighted by Crippen LogP contribution is -2.38. The topological polar surface area (TPSA) is 66.8 Å². The second kappa shape index (κ2) is 5.93. The number of amides is 1. The van der Waals surface area contributed by atoms with Crippen LogP contribution in [0.4, 0.5) is 5.69 Å². The number of carboxylic acid groups (broad SMARTS) is 1. The van der Waals surface area contributed by atoms with E-state index in [0.717, 1.165) is 5.56 Å². The Kier molecular flexibility index (Phi) is 3.96. The van der Waals surface area contributed by atoms with E-state index in [2.05, 4.69) is 0 Å². The molecule has 0 saturated carbocycles. The Bertz CT molecular complexity index is 803. The van der Waals surface area contributed by atoms with E-state index >= 15 is 0 Å². The Hall–Kier alpha value is -2.53. The monoisotopic (exact) mass is 331 g/mol. The zero-order valence-corrected chi connectivity index (χ0v) is 13.1. The van der Waals surface area contributed by atoms with E-state index in [0.29, 0.717) is 35.0 Å². The summed E-state index contributed by atoms with van der Waals surface area (Å²) >= 11 is 6.17. The molecule has 1 N–H and O–H groups in total. The molecule has 0 atom stereocenters. The first-order chi connectivity index (χ1) is 11.0. The molecule has 2 aromatic carbocycles. The second-order valence-electron chi connectivity index (χ2n) is 5.17. The maximum Gasteiger partial charge on any atom is 0.335 e. The van der Waals surface area contributed by atoms with Crippen LogP contribution < -0.4 is 9.64 Å². The normalized spacial score (nSPS) is 13.7. The van der Waals surface area contributed by atoms with Crippen LogP contribution in [0.1, 0.15) is 26.3 Å². The maximum absolute atomic E-state index is 12.8. The standard InChI is InChI=1S/C17H14ClNO4/c1-23-14-9-11(17(21)22)5-6-13(14)19-8-7-10-3-2-4-12(18)15(10)16(19)20/h2-6,9H,7-8H2,1H3,(H,21,22). The van der Waals surface area contributed by atoms with Crippen molar-refractivity contribution < 1.29 is 19.4 Å². The summed E-state index contributed by atoms with van der Waals surface area (Å²) < 4.78 is 5.27. The van der Waals surface area contributed by atoms with Crippen molar-refractivity contribution in [3.63, 3.8) is 0 Å². The SMILES string of the molecule is COc1cc(C(=O)O)ccc1N1CCc2cccc(Cl)c2C1=O. The molecular formula is C17H14ClNO4. The average molecular weight is 332 g/mol. The Morgan fingerprint density at radius 1 is 1.30 bits per heavy atom. The predicted molar refractivity (Wildman–Crippen MR) is 86.8 cm³/mol. The predicted octanol–water partition coefficient (Wildman–Crippen LogP) is 3.25. The van der Waals surface area contributed by atoms with Gasteiger partial charge in [0.15, 0.2) is 0 Å². The summed E-state index contributed by atoms with van der Waals surface area (Å²) in [7, 11) is 1.44. The van der Waals surface area contributed by atoms with Crippen molar-refractivity contribution in [1.82, 2.24) is 0 Å². The van der Waals surface area contributed by atoms with Crippen LogP contribution >= 0.6 is 11.6 Å². The highest BCUT2D eigenvalue weighted by atomic mass is 35.5. The molecule has 2 aromatic rings. The molecule has 0 radical (unpaired) electrons. The number of benzene rings is 2. The van der Waals surface area contributed by atoms with Crippen LogP contribution in [0.2, 0.25) is 5.02 Å². The lowest BCUT2D eigenvalue weighted by atomic mass is 9.98. The number of carbonyl (C=O) groups is 2. The zero-order chi connectivity index (χ0) is 16.6. The van der Waals surface area contributed by atoms with E-state index in [4.69, 9.17) is 21.4 Å². The van der Waals surface area contributed by atoms with Gasteiger partial charge in [-0.05, 0) is 36.2 Å². The Morgan fingerprint density at radius 3 is 2.78 bits per heavy atom. The van der Waals surface area contributed by atoms with Crippen molar-refractivity contribution in [3.05, 3.63) is 58.1 Å². The number of aromatic carboxylic acids is 1. The van der Waals surface area contributed by atoms with Crippen LogP contribution in [-0.4, -0.2) is 30.6 Å². The number of hydrogen-bond donors (Lipinski definition) is 1. The summed E-state index contributed by atoms with van der Waals surface area (Å²) in [5.74, 6) is -0.916. The third-order valence-corrected chi connectivity index (χ3v) is 4.20. The third-order valence-electron chi connectivity index (χ3n) is 3.88. The van der Waals surface area contributed by atoms with Crippen molar-refractivity contribution in [2.45, 2.75) is 6.42 Å². The summed E-state index contributed by atoms with van der Waals surface area (Å²) in [4.78, 5) is 25.4. The molecule has 0 aliphatic carbocycles. The van der Waals surface area contributed by atoms with E-state index in [1.807, 2.05) is 12.1 Å². The summed E-state index contributed by atoms with van der Waals surface area (Å²) in [5.41, 5.74) is 2.05. The van der Waals surface area contributed by atoms with Gasteiger partial charge in [-0.3, -0.25) is 4.79 Å². The minimum atomic E-state index is -1.05. The Labute approximate surface area is 138 Å². The number of carboxylic acids is 1. The first kappa shape index (κ1) is 15.4. The van der Waals surface area contributed by atoms with E-state index in [9.17, 15) is 9.59 Å². The largest absolute Gasteiger partial charge is 0.495 e. The van der Waals surface area contributed by atoms with Crippen molar-refractivity contribution in [2.75, 3.05) is 18.6 Å². The third kappa shape index (κ3) is 2.64. The van der Waals surface area contributed by atoms with Crippen LogP contribution in [0.25, 0.3) is 0 Å². The average Bonchev–Trinajstić information content (AvgIpc) is 2.54. The smallest absolute Gasteiger partial charge is 0.335 e. The molecule has 1 heterocycles. The van der Waals surface area contributed by atoms with Gasteiger partial charge in [-0.1, -0.05) is 23.7 Å². The molecule has 3 rings (SSSR count). The van der Waals surface area contributed by atoms with Crippen molar-refractivity contribution in [1.29, 1.82) is 0 Å². The Morgan fingerprint density at radius 2 is 2.09 bits per heavy atom. The van der Waals surface area contributed by atoms with Crippen LogP contribution in [0.3, 0.4) is 0 Å². The molecule has 0 saturated heterocycles. The van der Waals surface area contributed by atoms with E-state index in [-0.39, 0.29) is 11.5 Å². The van der Waals surface area contributed by atoms with Gasteiger partial charge in [-0.25, -0.2) is 4.79 Å². The maximum atomic E-state index is 12.8. The van der Waals surface area contributed by atoms with Crippen LogP contribution in [0, 0.1) is 0 Å². The van der Waals surface area contributed by atoms with Crippen molar-refractivity contribution >= 4 is 29.2 Å². The van der Waals surface area contributed by atoms with E-state index in [1.54, 1.807) is 17.0 Å². The van der Waals surface area contributed by atoms with Crippen molar-refractivity contribution in [3.8, 4) is 5.75 Å². The van der Waals surface area contributed by atoms with Crippen molar-refractivity contribution in [2.24, 2.45) is 0 Å². The van der Waals surface area contributed by atoms with Gasteiger partial charge in [-0.15, -0.1) is 0 Å². The fraction of sp³-hybridized carbons (Fsp3) is 0.176. The molecule has 0 fully saturated rings. The quantitative estimate of drug-likeness (QED) is 0.937. The molecule has 1 amide bonds. The molecular weight excluding hydrogens is 318 g/mol. The molecule has 0 spiro atoms. The fourth-order valence-corrected chi connectivity index (χ4v) is 3.02. The number of methoxy groups -OCH3 is 1. The lowest BCUT2D eigenvalue weighted by molar-refractivity contribution is 0.0696. The minimum Gasteiger partial charge on any atom is -0.495 e. The van der Waals surface area contributed by atoms with Gasteiger partial charge in [0.2, 0.25) is 0 Å². The zero-order valence-electron chi connectivity index (χ0n) is 12.4. The molecule has 0 unspecified atom stereocenters. The first-order valence-electron chi connectivity index (χ1n) is 7.03. The Balaban J connectivity index is 2.05.